The number of hydrogen-bond acceptors (Lipinski definition) is 7. The molecule has 0 saturated carbocycles. The summed E-state index contributed by atoms with van der Waals surface area (Å²) in [5.74, 6) is 1.95. The fraction of sp³-hybridized carbons (Fsp3) is 0.143. The molecule has 8 heteroatoms. The van der Waals surface area contributed by atoms with Crippen molar-refractivity contribution in [3.05, 3.63) is 46.9 Å². The Hall–Kier alpha value is -2.12. The fourth-order valence-electron chi connectivity index (χ4n) is 1.79. The van der Waals surface area contributed by atoms with Crippen molar-refractivity contribution in [2.45, 2.75) is 17.8 Å². The second kappa shape index (κ2) is 6.33. The summed E-state index contributed by atoms with van der Waals surface area (Å²) in [6, 6.07) is 8.97. The molecule has 1 aromatic carbocycles. The standard InChI is InChI=1S/C14H12ClN5OS/c1-8-6-11(16)18-14(17-8)22-7-12-19-13(20-21-12)9-2-4-10(15)5-3-9/h2-6H,7H2,1H3,(H2,16,17,18). The van der Waals surface area contributed by atoms with Gasteiger partial charge >= 0.3 is 0 Å². The lowest BCUT2D eigenvalue weighted by Crippen LogP contribution is -1.96. The van der Waals surface area contributed by atoms with Crippen molar-refractivity contribution < 1.29 is 4.52 Å². The summed E-state index contributed by atoms with van der Waals surface area (Å²) >= 11 is 7.25. The number of nitrogens with two attached hydrogens (primary N) is 1. The molecule has 6 nitrogen and oxygen atoms in total. The van der Waals surface area contributed by atoms with Gasteiger partial charge in [-0.05, 0) is 31.2 Å². The minimum absolute atomic E-state index is 0.447. The molecule has 0 radical (unpaired) electrons. The second-order valence-corrected chi connectivity index (χ2v) is 5.90. The van der Waals surface area contributed by atoms with Gasteiger partial charge in [-0.3, -0.25) is 0 Å². The summed E-state index contributed by atoms with van der Waals surface area (Å²) in [5.41, 5.74) is 7.36. The van der Waals surface area contributed by atoms with Crippen LogP contribution in [0.15, 0.2) is 40.0 Å². The molecule has 0 aliphatic heterocycles. The third-order valence-corrected chi connectivity index (χ3v) is 3.83. The van der Waals surface area contributed by atoms with E-state index in [1.54, 1.807) is 18.2 Å². The van der Waals surface area contributed by atoms with E-state index in [1.807, 2.05) is 19.1 Å². The zero-order chi connectivity index (χ0) is 15.5. The van der Waals surface area contributed by atoms with Crippen LogP contribution in [-0.2, 0) is 5.75 Å². The molecule has 0 saturated heterocycles. The average molecular weight is 334 g/mol. The third kappa shape index (κ3) is 3.55. The number of aromatic nitrogens is 4. The summed E-state index contributed by atoms with van der Waals surface area (Å²) in [7, 11) is 0. The molecule has 2 heterocycles. The molecule has 112 valence electrons. The highest BCUT2D eigenvalue weighted by atomic mass is 35.5. The van der Waals surface area contributed by atoms with Crippen LogP contribution in [0.2, 0.25) is 5.02 Å². The first-order valence-electron chi connectivity index (χ1n) is 6.42. The fourth-order valence-corrected chi connectivity index (χ4v) is 2.66. The Morgan fingerprint density at radius 1 is 1.18 bits per heavy atom. The predicted octanol–water partition coefficient (Wildman–Crippen LogP) is 3.36. The first-order chi connectivity index (χ1) is 10.6. The molecule has 0 fully saturated rings. The Morgan fingerprint density at radius 2 is 1.95 bits per heavy atom. The summed E-state index contributed by atoms with van der Waals surface area (Å²) in [5, 5.41) is 5.21. The van der Waals surface area contributed by atoms with Crippen molar-refractivity contribution in [3.63, 3.8) is 0 Å². The van der Waals surface area contributed by atoms with Gasteiger partial charge in [0.2, 0.25) is 11.7 Å². The van der Waals surface area contributed by atoms with E-state index in [0.29, 0.717) is 33.5 Å². The van der Waals surface area contributed by atoms with E-state index in [2.05, 4.69) is 20.1 Å². The largest absolute Gasteiger partial charge is 0.384 e. The van der Waals surface area contributed by atoms with Crippen LogP contribution in [0.5, 0.6) is 0 Å². The molecule has 0 spiro atoms. The molecule has 0 aliphatic carbocycles. The quantitative estimate of drug-likeness (QED) is 0.578. The van der Waals surface area contributed by atoms with Gasteiger partial charge in [-0.15, -0.1) is 0 Å². The van der Waals surface area contributed by atoms with Crippen LogP contribution < -0.4 is 5.73 Å². The van der Waals surface area contributed by atoms with Gasteiger partial charge in [-0.1, -0.05) is 28.5 Å². The molecule has 3 rings (SSSR count). The minimum atomic E-state index is 0.447. The van der Waals surface area contributed by atoms with Crippen LogP contribution in [0.4, 0.5) is 5.82 Å². The smallest absolute Gasteiger partial charge is 0.237 e. The van der Waals surface area contributed by atoms with Crippen molar-refractivity contribution in [1.29, 1.82) is 0 Å². The van der Waals surface area contributed by atoms with Crippen LogP contribution in [0.3, 0.4) is 0 Å². The Labute approximate surface area is 136 Å². The van der Waals surface area contributed by atoms with Crippen molar-refractivity contribution in [3.8, 4) is 11.4 Å². The predicted molar refractivity (Wildman–Crippen MR) is 85.5 cm³/mol. The van der Waals surface area contributed by atoms with Gasteiger partial charge in [0.25, 0.3) is 0 Å². The van der Waals surface area contributed by atoms with E-state index in [4.69, 9.17) is 21.9 Å². The van der Waals surface area contributed by atoms with E-state index < -0.39 is 0 Å². The van der Waals surface area contributed by atoms with Crippen LogP contribution in [0.1, 0.15) is 11.6 Å². The molecule has 0 aliphatic rings. The SMILES string of the molecule is Cc1cc(N)nc(SCc2nc(-c3ccc(Cl)cc3)no2)n1. The number of nitrogen functional groups attached to an aromatic ring is 1. The zero-order valence-corrected chi connectivity index (χ0v) is 13.2. The monoisotopic (exact) mass is 333 g/mol. The number of rotatable bonds is 4. The average Bonchev–Trinajstić information content (AvgIpc) is 2.94. The maximum atomic E-state index is 5.86. The summed E-state index contributed by atoms with van der Waals surface area (Å²) in [4.78, 5) is 12.8. The number of benzene rings is 1. The lowest BCUT2D eigenvalue weighted by molar-refractivity contribution is 0.391. The van der Waals surface area contributed by atoms with Crippen molar-refractivity contribution in [2.75, 3.05) is 5.73 Å². The van der Waals surface area contributed by atoms with Crippen molar-refractivity contribution in [1.82, 2.24) is 20.1 Å². The number of anilines is 1. The summed E-state index contributed by atoms with van der Waals surface area (Å²) in [6.45, 7) is 1.87. The van der Waals surface area contributed by atoms with Gasteiger partial charge in [0.1, 0.15) is 5.82 Å². The third-order valence-electron chi connectivity index (χ3n) is 2.75. The summed E-state index contributed by atoms with van der Waals surface area (Å²) < 4.78 is 5.23. The Kier molecular flexibility index (Phi) is 4.26. The Bertz CT molecular complexity index is 770. The van der Waals surface area contributed by atoms with E-state index in [0.717, 1.165) is 11.3 Å². The Morgan fingerprint density at radius 3 is 2.68 bits per heavy atom. The maximum absolute atomic E-state index is 5.86. The topological polar surface area (TPSA) is 90.7 Å². The van der Waals surface area contributed by atoms with Gasteiger partial charge in [-0.2, -0.15) is 4.98 Å². The lowest BCUT2D eigenvalue weighted by Gasteiger charge is -2.00. The molecule has 0 amide bonds. The molecule has 0 unspecified atom stereocenters. The van der Waals surface area contributed by atoms with Gasteiger partial charge in [-0.25, -0.2) is 9.97 Å². The van der Waals surface area contributed by atoms with E-state index >= 15 is 0 Å². The van der Waals surface area contributed by atoms with Crippen LogP contribution in [0, 0.1) is 6.92 Å². The molecule has 0 bridgehead atoms. The number of halogens is 1. The Balaban J connectivity index is 1.70. The molecule has 2 aromatic heterocycles. The highest BCUT2D eigenvalue weighted by molar-refractivity contribution is 7.98. The van der Waals surface area contributed by atoms with Gasteiger partial charge < -0.3 is 10.3 Å². The number of hydrogen-bond donors (Lipinski definition) is 1. The summed E-state index contributed by atoms with van der Waals surface area (Å²) in [6.07, 6.45) is 0. The van der Waals surface area contributed by atoms with Crippen LogP contribution >= 0.6 is 23.4 Å². The second-order valence-electron chi connectivity index (χ2n) is 4.52. The van der Waals surface area contributed by atoms with E-state index in [9.17, 15) is 0 Å². The van der Waals surface area contributed by atoms with Crippen LogP contribution in [0.25, 0.3) is 11.4 Å². The van der Waals surface area contributed by atoms with Gasteiger partial charge in [0.05, 0.1) is 5.75 Å². The zero-order valence-electron chi connectivity index (χ0n) is 11.7. The van der Waals surface area contributed by atoms with Gasteiger partial charge in [0.15, 0.2) is 5.16 Å². The van der Waals surface area contributed by atoms with E-state index in [-0.39, 0.29) is 0 Å². The van der Waals surface area contributed by atoms with E-state index in [1.165, 1.54) is 11.8 Å². The number of nitrogens with zero attached hydrogens (tertiary/aromatic N) is 4. The lowest BCUT2D eigenvalue weighted by atomic mass is 10.2. The molecule has 0 atom stereocenters. The maximum Gasteiger partial charge on any atom is 0.237 e. The van der Waals surface area contributed by atoms with Gasteiger partial charge in [0, 0.05) is 22.3 Å². The molecular formula is C14H12ClN5OS. The minimum Gasteiger partial charge on any atom is -0.384 e. The molecular weight excluding hydrogens is 322 g/mol. The van der Waals surface area contributed by atoms with Crippen LogP contribution in [-0.4, -0.2) is 20.1 Å². The number of aryl methyl sites for hydroxylation is 1. The number of thioether (sulfide) groups is 1. The normalized spacial score (nSPS) is 10.8. The van der Waals surface area contributed by atoms with Crippen molar-refractivity contribution in [2.24, 2.45) is 0 Å². The molecule has 2 N–H and O–H groups in total. The highest BCUT2D eigenvalue weighted by Crippen LogP contribution is 2.22. The first-order valence-corrected chi connectivity index (χ1v) is 7.79. The first kappa shape index (κ1) is 14.8. The molecule has 22 heavy (non-hydrogen) atoms. The molecule has 3 aromatic rings. The highest BCUT2D eigenvalue weighted by Gasteiger charge is 2.10. The van der Waals surface area contributed by atoms with Crippen molar-refractivity contribution >= 4 is 29.2 Å².